The van der Waals surface area contributed by atoms with E-state index in [1.165, 1.54) is 6.07 Å². The summed E-state index contributed by atoms with van der Waals surface area (Å²) in [6, 6.07) is 4.60. The second-order valence-electron chi connectivity index (χ2n) is 7.29. The fourth-order valence-corrected chi connectivity index (χ4v) is 4.51. The monoisotopic (exact) mass is 381 g/mol. The van der Waals surface area contributed by atoms with E-state index in [4.69, 9.17) is 0 Å². The smallest absolute Gasteiger partial charge is 0.241 e. The van der Waals surface area contributed by atoms with Crippen LogP contribution in [0.15, 0.2) is 23.1 Å². The van der Waals surface area contributed by atoms with Gasteiger partial charge in [0.2, 0.25) is 21.8 Å². The highest BCUT2D eigenvalue weighted by Crippen LogP contribution is 2.24. The number of rotatable bonds is 6. The van der Waals surface area contributed by atoms with Gasteiger partial charge in [-0.25, -0.2) is 13.1 Å². The maximum Gasteiger partial charge on any atom is 0.241 e. The van der Waals surface area contributed by atoms with E-state index >= 15 is 0 Å². The molecule has 1 aliphatic heterocycles. The molecule has 1 heterocycles. The van der Waals surface area contributed by atoms with Gasteiger partial charge in [-0.3, -0.25) is 9.59 Å². The number of anilines is 1. The zero-order chi connectivity index (χ0) is 19.6. The minimum Gasteiger partial charge on any atom is -0.339 e. The van der Waals surface area contributed by atoms with Gasteiger partial charge in [0, 0.05) is 30.7 Å². The van der Waals surface area contributed by atoms with E-state index in [1.807, 2.05) is 13.8 Å². The largest absolute Gasteiger partial charge is 0.339 e. The van der Waals surface area contributed by atoms with Crippen molar-refractivity contribution in [3.8, 4) is 0 Å². The third-order valence-corrected chi connectivity index (χ3v) is 6.09. The van der Waals surface area contributed by atoms with Crippen LogP contribution in [0.3, 0.4) is 0 Å². The minimum absolute atomic E-state index is 0.0338. The highest BCUT2D eigenvalue weighted by atomic mass is 32.2. The molecule has 2 rings (SSSR count). The van der Waals surface area contributed by atoms with Crippen molar-refractivity contribution in [2.75, 3.05) is 11.9 Å². The van der Waals surface area contributed by atoms with Crippen LogP contribution in [-0.4, -0.2) is 43.8 Å². The summed E-state index contributed by atoms with van der Waals surface area (Å²) in [5.41, 5.74) is 0.998. The first-order valence-electron chi connectivity index (χ1n) is 8.74. The number of nitrogens with one attached hydrogen (secondary N) is 2. The molecule has 0 unspecified atom stereocenters. The number of aryl methyl sites for hydroxylation is 1. The highest BCUT2D eigenvalue weighted by molar-refractivity contribution is 7.89. The molecule has 0 radical (unpaired) electrons. The van der Waals surface area contributed by atoms with E-state index in [0.29, 0.717) is 17.8 Å². The third kappa shape index (κ3) is 4.62. The number of sulfonamides is 1. The summed E-state index contributed by atoms with van der Waals surface area (Å²) < 4.78 is 27.4. The lowest BCUT2D eigenvalue weighted by Crippen LogP contribution is -2.33. The number of likely N-dealkylation sites (tertiary alicyclic amines) is 1. The summed E-state index contributed by atoms with van der Waals surface area (Å²) in [5.74, 6) is -0.737. The number of benzene rings is 1. The molecule has 144 valence electrons. The van der Waals surface area contributed by atoms with Gasteiger partial charge >= 0.3 is 0 Å². The van der Waals surface area contributed by atoms with E-state index in [0.717, 1.165) is 0 Å². The predicted molar refractivity (Wildman–Crippen MR) is 100 cm³/mol. The van der Waals surface area contributed by atoms with Gasteiger partial charge in [0.05, 0.1) is 10.8 Å². The first kappa shape index (κ1) is 20.4. The molecule has 1 aromatic carbocycles. The topological polar surface area (TPSA) is 95.6 Å². The van der Waals surface area contributed by atoms with Crippen molar-refractivity contribution in [1.82, 2.24) is 9.62 Å². The van der Waals surface area contributed by atoms with Gasteiger partial charge in [-0.15, -0.1) is 0 Å². The van der Waals surface area contributed by atoms with Crippen molar-refractivity contribution in [3.05, 3.63) is 23.8 Å². The Hall–Kier alpha value is -1.93. The van der Waals surface area contributed by atoms with Gasteiger partial charge in [-0.05, 0) is 52.3 Å². The molecule has 1 aliphatic rings. The molecule has 0 aromatic heterocycles. The Balaban J connectivity index is 2.17. The fourth-order valence-electron chi connectivity index (χ4n) is 2.99. The molecule has 1 atom stereocenters. The van der Waals surface area contributed by atoms with Crippen LogP contribution in [0.1, 0.15) is 39.7 Å². The minimum atomic E-state index is -3.66. The van der Waals surface area contributed by atoms with E-state index in [2.05, 4.69) is 10.0 Å². The molecule has 2 N–H and O–H groups in total. The molecule has 1 aromatic rings. The fraction of sp³-hybridized carbons (Fsp3) is 0.556. The van der Waals surface area contributed by atoms with Crippen LogP contribution >= 0.6 is 0 Å². The molecule has 1 saturated heterocycles. The quantitative estimate of drug-likeness (QED) is 0.786. The molecule has 0 aliphatic carbocycles. The molecule has 26 heavy (non-hydrogen) atoms. The lowest BCUT2D eigenvalue weighted by Gasteiger charge is -2.20. The van der Waals surface area contributed by atoms with Crippen LogP contribution in [0.5, 0.6) is 0 Å². The van der Waals surface area contributed by atoms with Crippen LogP contribution in [0, 0.1) is 12.8 Å². The second kappa shape index (κ2) is 7.75. The van der Waals surface area contributed by atoms with Gasteiger partial charge in [0.1, 0.15) is 0 Å². The molecule has 0 saturated carbocycles. The van der Waals surface area contributed by atoms with Crippen molar-refractivity contribution >= 4 is 27.5 Å². The lowest BCUT2D eigenvalue weighted by molar-refractivity contribution is -0.129. The van der Waals surface area contributed by atoms with E-state index in [1.54, 1.807) is 37.8 Å². The Kier molecular flexibility index (Phi) is 6.08. The Morgan fingerprint density at radius 2 is 1.88 bits per heavy atom. The first-order chi connectivity index (χ1) is 12.0. The molecule has 7 nitrogen and oxygen atoms in total. The van der Waals surface area contributed by atoms with Crippen molar-refractivity contribution in [1.29, 1.82) is 0 Å². The van der Waals surface area contributed by atoms with Crippen molar-refractivity contribution < 1.29 is 18.0 Å². The van der Waals surface area contributed by atoms with Crippen molar-refractivity contribution in [2.24, 2.45) is 5.92 Å². The summed E-state index contributed by atoms with van der Waals surface area (Å²) in [6.45, 7) is 9.41. The number of hydrogen-bond donors (Lipinski definition) is 2. The molecular weight excluding hydrogens is 354 g/mol. The molecular formula is C18H27N3O4S. The standard InChI is InChI=1S/C18H27N3O4S/c1-11(2)20-26(24,25)16-9-15(7-6-13(16)5)19-18(23)14-8-17(22)21(10-14)12(3)4/h6-7,9,11-12,14,20H,8,10H2,1-5H3,(H,19,23)/t14-/m0/s1. The van der Waals surface area contributed by atoms with Crippen LogP contribution in [-0.2, 0) is 19.6 Å². The zero-order valence-electron chi connectivity index (χ0n) is 15.9. The average molecular weight is 381 g/mol. The lowest BCUT2D eigenvalue weighted by atomic mass is 10.1. The second-order valence-corrected chi connectivity index (χ2v) is 8.97. The SMILES string of the molecule is Cc1ccc(NC(=O)[C@H]2CC(=O)N(C(C)C)C2)cc1S(=O)(=O)NC(C)C. The normalized spacial score (nSPS) is 18.0. The summed E-state index contributed by atoms with van der Waals surface area (Å²) in [4.78, 5) is 26.3. The zero-order valence-corrected chi connectivity index (χ0v) is 16.7. The molecule has 0 bridgehead atoms. The third-order valence-electron chi connectivity index (χ3n) is 4.29. The molecule has 0 spiro atoms. The Bertz CT molecular complexity index is 803. The maximum atomic E-state index is 12.5. The van der Waals surface area contributed by atoms with Gasteiger partial charge in [0.15, 0.2) is 0 Å². The average Bonchev–Trinajstić information content (AvgIpc) is 2.90. The maximum absolute atomic E-state index is 12.5. The molecule has 8 heteroatoms. The Morgan fingerprint density at radius 3 is 2.42 bits per heavy atom. The van der Waals surface area contributed by atoms with Crippen LogP contribution < -0.4 is 10.0 Å². The van der Waals surface area contributed by atoms with Crippen molar-refractivity contribution in [3.63, 3.8) is 0 Å². The summed E-state index contributed by atoms with van der Waals surface area (Å²) in [7, 11) is -3.66. The summed E-state index contributed by atoms with van der Waals surface area (Å²) in [6.07, 6.45) is 0.177. The van der Waals surface area contributed by atoms with Gasteiger partial charge < -0.3 is 10.2 Å². The van der Waals surface area contributed by atoms with Gasteiger partial charge in [-0.1, -0.05) is 6.07 Å². The van der Waals surface area contributed by atoms with Crippen LogP contribution in [0.2, 0.25) is 0 Å². The number of amides is 2. The molecule has 1 fully saturated rings. The van der Waals surface area contributed by atoms with Crippen LogP contribution in [0.4, 0.5) is 5.69 Å². The van der Waals surface area contributed by atoms with E-state index in [9.17, 15) is 18.0 Å². The van der Waals surface area contributed by atoms with Crippen LogP contribution in [0.25, 0.3) is 0 Å². The van der Waals surface area contributed by atoms with E-state index in [-0.39, 0.29) is 35.2 Å². The number of hydrogen-bond acceptors (Lipinski definition) is 4. The van der Waals surface area contributed by atoms with Gasteiger partial charge in [0.25, 0.3) is 0 Å². The number of carbonyl (C=O) groups is 2. The number of nitrogens with zero attached hydrogens (tertiary/aromatic N) is 1. The Morgan fingerprint density at radius 1 is 1.23 bits per heavy atom. The highest BCUT2D eigenvalue weighted by Gasteiger charge is 2.35. The summed E-state index contributed by atoms with van der Waals surface area (Å²) in [5, 5.41) is 2.75. The summed E-state index contributed by atoms with van der Waals surface area (Å²) >= 11 is 0. The first-order valence-corrected chi connectivity index (χ1v) is 10.2. The molecule has 2 amide bonds. The van der Waals surface area contributed by atoms with Gasteiger partial charge in [-0.2, -0.15) is 0 Å². The van der Waals surface area contributed by atoms with E-state index < -0.39 is 15.9 Å². The Labute approximate surface area is 155 Å². The predicted octanol–water partition coefficient (Wildman–Crippen LogP) is 1.88. The number of carbonyl (C=O) groups excluding carboxylic acids is 2. The van der Waals surface area contributed by atoms with Crippen molar-refractivity contribution in [2.45, 2.75) is 58.0 Å².